The number of imide groups is 1. The van der Waals surface area contributed by atoms with Gasteiger partial charge in [0.2, 0.25) is 0 Å². The van der Waals surface area contributed by atoms with E-state index >= 15 is 0 Å². The molecule has 4 aromatic rings. The molecule has 0 atom stereocenters. The van der Waals surface area contributed by atoms with Gasteiger partial charge in [-0.15, -0.1) is 0 Å². The van der Waals surface area contributed by atoms with Crippen LogP contribution in [0.2, 0.25) is 0 Å². The summed E-state index contributed by atoms with van der Waals surface area (Å²) in [5.74, 6) is -0.512. The Bertz CT molecular complexity index is 1540. The number of rotatable bonds is 3. The quantitative estimate of drug-likeness (QED) is 0.364. The number of carbonyl (C=O) groups excluding carboxylic acids is 2. The third kappa shape index (κ3) is 3.45. The fourth-order valence-corrected chi connectivity index (χ4v) is 5.28. The Balaban J connectivity index is 1.52. The molecule has 0 unspecified atom stereocenters. The average Bonchev–Trinajstić information content (AvgIpc) is 3.14. The van der Waals surface area contributed by atoms with Crippen LogP contribution in [0.15, 0.2) is 90.6 Å². The van der Waals surface area contributed by atoms with Crippen LogP contribution in [-0.4, -0.2) is 23.3 Å². The van der Waals surface area contributed by atoms with E-state index in [4.69, 9.17) is 0 Å². The predicted molar refractivity (Wildman–Crippen MR) is 140 cm³/mol. The molecular weight excluding hydrogens is 432 g/mol. The summed E-state index contributed by atoms with van der Waals surface area (Å²) in [7, 11) is 0. The number of fused-ring (bicyclic) bond motifs is 2. The first-order valence-corrected chi connectivity index (χ1v) is 12.0. The SMILES string of the molecule is Cc1ccc(C2=C(N3CCc4ccccc4C3)C(=O)N(c3cccc4ccccc34)C2=O)cc1C. The Morgan fingerprint density at radius 1 is 0.714 bits per heavy atom. The minimum atomic E-state index is -0.261. The summed E-state index contributed by atoms with van der Waals surface area (Å²) in [5, 5.41) is 1.89. The van der Waals surface area contributed by atoms with Gasteiger partial charge in [0.1, 0.15) is 5.70 Å². The number of carbonyl (C=O) groups is 2. The summed E-state index contributed by atoms with van der Waals surface area (Å²) in [6.45, 7) is 5.41. The Morgan fingerprint density at radius 3 is 2.29 bits per heavy atom. The van der Waals surface area contributed by atoms with Crippen molar-refractivity contribution < 1.29 is 9.59 Å². The zero-order valence-electron chi connectivity index (χ0n) is 19.9. The zero-order valence-corrected chi connectivity index (χ0v) is 19.9. The maximum Gasteiger partial charge on any atom is 0.282 e. The molecule has 0 spiro atoms. The summed E-state index contributed by atoms with van der Waals surface area (Å²) in [5.41, 5.74) is 7.18. The van der Waals surface area contributed by atoms with Gasteiger partial charge in [0, 0.05) is 18.5 Å². The van der Waals surface area contributed by atoms with Crippen LogP contribution in [0.5, 0.6) is 0 Å². The molecule has 2 aliphatic rings. The van der Waals surface area contributed by atoms with Crippen molar-refractivity contribution in [3.8, 4) is 0 Å². The zero-order chi connectivity index (χ0) is 24.1. The first kappa shape index (κ1) is 21.4. The van der Waals surface area contributed by atoms with E-state index in [-0.39, 0.29) is 11.8 Å². The van der Waals surface area contributed by atoms with E-state index < -0.39 is 0 Å². The lowest BCUT2D eigenvalue weighted by Gasteiger charge is -2.31. The number of aryl methyl sites for hydroxylation is 2. The van der Waals surface area contributed by atoms with E-state index in [0.717, 1.165) is 33.9 Å². The molecule has 172 valence electrons. The highest BCUT2D eigenvalue weighted by Gasteiger charge is 2.43. The van der Waals surface area contributed by atoms with Gasteiger partial charge in [-0.1, -0.05) is 78.9 Å². The Kier molecular flexibility index (Phi) is 5.03. The van der Waals surface area contributed by atoms with Crippen LogP contribution in [0.1, 0.15) is 27.8 Å². The van der Waals surface area contributed by atoms with E-state index in [9.17, 15) is 9.59 Å². The third-order valence-electron chi connectivity index (χ3n) is 7.31. The molecule has 4 nitrogen and oxygen atoms in total. The minimum Gasteiger partial charge on any atom is -0.362 e. The third-order valence-corrected chi connectivity index (χ3v) is 7.31. The second-order valence-corrected chi connectivity index (χ2v) is 9.41. The average molecular weight is 459 g/mol. The standard InChI is InChI=1S/C31H26N2O2/c1-20-14-15-24(18-21(20)2)28-29(32-17-16-22-8-3-4-10-25(22)19-32)31(35)33(30(28)34)27-13-7-11-23-9-5-6-12-26(23)27/h3-15,18H,16-17,19H2,1-2H3. The van der Waals surface area contributed by atoms with Crippen molar-refractivity contribution in [1.29, 1.82) is 0 Å². The number of anilines is 1. The highest BCUT2D eigenvalue weighted by atomic mass is 16.2. The maximum absolute atomic E-state index is 14.1. The molecule has 0 N–H and O–H groups in total. The predicted octanol–water partition coefficient (Wildman–Crippen LogP) is 5.80. The summed E-state index contributed by atoms with van der Waals surface area (Å²) >= 11 is 0. The van der Waals surface area contributed by atoms with Gasteiger partial charge >= 0.3 is 0 Å². The van der Waals surface area contributed by atoms with Crippen molar-refractivity contribution in [1.82, 2.24) is 4.90 Å². The Labute approximate surface area is 205 Å². The van der Waals surface area contributed by atoms with Gasteiger partial charge < -0.3 is 4.90 Å². The van der Waals surface area contributed by atoms with E-state index in [1.807, 2.05) is 73.7 Å². The molecule has 0 aliphatic carbocycles. The summed E-state index contributed by atoms with van der Waals surface area (Å²) in [6.07, 6.45) is 0.843. The van der Waals surface area contributed by atoms with Crippen molar-refractivity contribution in [2.24, 2.45) is 0 Å². The second-order valence-electron chi connectivity index (χ2n) is 9.41. The molecule has 0 saturated carbocycles. The van der Waals surface area contributed by atoms with Crippen molar-refractivity contribution in [3.63, 3.8) is 0 Å². The van der Waals surface area contributed by atoms with Gasteiger partial charge in [-0.2, -0.15) is 0 Å². The second kappa shape index (κ2) is 8.24. The molecular formula is C31H26N2O2. The molecule has 4 aromatic carbocycles. The van der Waals surface area contributed by atoms with Crippen LogP contribution in [0.4, 0.5) is 5.69 Å². The van der Waals surface area contributed by atoms with Gasteiger partial charge in [-0.05, 0) is 59.5 Å². The lowest BCUT2D eigenvalue weighted by atomic mass is 9.96. The first-order chi connectivity index (χ1) is 17.0. The highest BCUT2D eigenvalue weighted by Crippen LogP contribution is 2.39. The minimum absolute atomic E-state index is 0.251. The molecule has 0 radical (unpaired) electrons. The van der Waals surface area contributed by atoms with Gasteiger partial charge in [0.15, 0.2) is 0 Å². The van der Waals surface area contributed by atoms with Crippen LogP contribution in [0, 0.1) is 13.8 Å². The molecule has 0 aromatic heterocycles. The van der Waals surface area contributed by atoms with Gasteiger partial charge in [-0.3, -0.25) is 9.59 Å². The molecule has 2 heterocycles. The van der Waals surface area contributed by atoms with Crippen molar-refractivity contribution in [2.45, 2.75) is 26.8 Å². The van der Waals surface area contributed by atoms with E-state index in [2.05, 4.69) is 30.0 Å². The lowest BCUT2D eigenvalue weighted by Crippen LogP contribution is -2.37. The number of amides is 2. The number of hydrogen-bond acceptors (Lipinski definition) is 3. The van der Waals surface area contributed by atoms with Crippen LogP contribution in [-0.2, 0) is 22.6 Å². The molecule has 2 amide bonds. The number of benzene rings is 4. The summed E-state index contributed by atoms with van der Waals surface area (Å²) in [6, 6.07) is 28.0. The fraction of sp³-hybridized carbons (Fsp3) is 0.161. The number of hydrogen-bond donors (Lipinski definition) is 0. The van der Waals surface area contributed by atoms with E-state index in [1.54, 1.807) is 0 Å². The first-order valence-electron chi connectivity index (χ1n) is 12.0. The molecule has 0 fully saturated rings. The lowest BCUT2D eigenvalue weighted by molar-refractivity contribution is -0.120. The molecule has 35 heavy (non-hydrogen) atoms. The summed E-state index contributed by atoms with van der Waals surface area (Å²) < 4.78 is 0. The van der Waals surface area contributed by atoms with Crippen LogP contribution in [0.3, 0.4) is 0 Å². The molecule has 2 aliphatic heterocycles. The van der Waals surface area contributed by atoms with E-state index in [0.29, 0.717) is 30.0 Å². The Hall–Kier alpha value is -4.18. The maximum atomic E-state index is 14.1. The summed E-state index contributed by atoms with van der Waals surface area (Å²) in [4.78, 5) is 31.7. The molecule has 0 bridgehead atoms. The fourth-order valence-electron chi connectivity index (χ4n) is 5.28. The largest absolute Gasteiger partial charge is 0.362 e. The van der Waals surface area contributed by atoms with Crippen molar-refractivity contribution in [3.05, 3.63) is 118 Å². The molecule has 4 heteroatoms. The van der Waals surface area contributed by atoms with Gasteiger partial charge in [0.05, 0.1) is 11.3 Å². The highest BCUT2D eigenvalue weighted by molar-refractivity contribution is 6.46. The molecule has 6 rings (SSSR count). The normalized spacial score (nSPS) is 15.8. The van der Waals surface area contributed by atoms with Gasteiger partial charge in [-0.25, -0.2) is 4.90 Å². The Morgan fingerprint density at radius 2 is 1.46 bits per heavy atom. The van der Waals surface area contributed by atoms with Crippen molar-refractivity contribution >= 4 is 33.8 Å². The topological polar surface area (TPSA) is 40.6 Å². The van der Waals surface area contributed by atoms with Crippen LogP contribution in [0.25, 0.3) is 16.3 Å². The van der Waals surface area contributed by atoms with Crippen LogP contribution < -0.4 is 4.90 Å². The molecule has 0 saturated heterocycles. The van der Waals surface area contributed by atoms with E-state index in [1.165, 1.54) is 16.0 Å². The van der Waals surface area contributed by atoms with Crippen LogP contribution >= 0.6 is 0 Å². The van der Waals surface area contributed by atoms with Gasteiger partial charge in [0.25, 0.3) is 11.8 Å². The van der Waals surface area contributed by atoms with Crippen molar-refractivity contribution in [2.75, 3.05) is 11.4 Å². The smallest absolute Gasteiger partial charge is 0.282 e. The number of nitrogens with zero attached hydrogens (tertiary/aromatic N) is 2. The monoisotopic (exact) mass is 458 g/mol.